The molecule has 0 aliphatic rings. The summed E-state index contributed by atoms with van der Waals surface area (Å²) in [5.74, 6) is 0. The van der Waals surface area contributed by atoms with E-state index in [0.717, 1.165) is 25.0 Å². The van der Waals surface area contributed by atoms with Gasteiger partial charge in [0, 0.05) is 12.2 Å². The number of hydrogen-bond donors (Lipinski definition) is 6. The Hall–Kier alpha value is -0.660. The van der Waals surface area contributed by atoms with Crippen molar-refractivity contribution in [3.8, 4) is 0 Å². The fourth-order valence-corrected chi connectivity index (χ4v) is 1.96. The van der Waals surface area contributed by atoms with Crippen LogP contribution in [-0.4, -0.2) is 63.1 Å². The zero-order valence-corrected chi connectivity index (χ0v) is 12.9. The van der Waals surface area contributed by atoms with Gasteiger partial charge in [0.05, 0.1) is 12.7 Å². The van der Waals surface area contributed by atoms with E-state index in [9.17, 15) is 20.4 Å². The average molecular weight is 305 g/mol. The second-order valence-electron chi connectivity index (χ2n) is 5.45. The number of aliphatic hydroxyl groups excluding tert-OH is 5. The molecular formula is C15H31NO5. The van der Waals surface area contributed by atoms with Gasteiger partial charge in [-0.05, 0) is 12.8 Å². The zero-order chi connectivity index (χ0) is 16.3. The van der Waals surface area contributed by atoms with E-state index < -0.39 is 31.0 Å². The Bertz CT molecular complexity index is 275. The Kier molecular flexibility index (Phi) is 11.6. The van der Waals surface area contributed by atoms with Crippen LogP contribution in [-0.2, 0) is 0 Å². The highest BCUT2D eigenvalue weighted by Crippen LogP contribution is 2.09. The van der Waals surface area contributed by atoms with E-state index in [4.69, 9.17) is 5.11 Å². The Labute approximate surface area is 127 Å². The molecule has 0 aromatic heterocycles. The van der Waals surface area contributed by atoms with Crippen LogP contribution in [0.3, 0.4) is 0 Å². The average Bonchev–Trinajstić information content (AvgIpc) is 2.49. The molecule has 0 saturated carbocycles. The number of aliphatic hydroxyl groups is 5. The van der Waals surface area contributed by atoms with Crippen LogP contribution in [0.15, 0.2) is 12.3 Å². The summed E-state index contributed by atoms with van der Waals surface area (Å²) in [5.41, 5.74) is 0.773. The minimum absolute atomic E-state index is 0.0319. The largest absolute Gasteiger partial charge is 0.394 e. The maximum atomic E-state index is 9.72. The molecule has 0 aromatic rings. The van der Waals surface area contributed by atoms with Crippen LogP contribution in [0, 0.1) is 0 Å². The normalized spacial score (nSPS) is 17.0. The Balaban J connectivity index is 3.85. The maximum absolute atomic E-state index is 9.72. The van der Waals surface area contributed by atoms with Gasteiger partial charge in [-0.25, -0.2) is 0 Å². The molecule has 4 unspecified atom stereocenters. The quantitative estimate of drug-likeness (QED) is 0.265. The van der Waals surface area contributed by atoms with Gasteiger partial charge >= 0.3 is 0 Å². The first-order chi connectivity index (χ1) is 9.93. The third-order valence-corrected chi connectivity index (χ3v) is 3.47. The van der Waals surface area contributed by atoms with Crippen LogP contribution in [0.5, 0.6) is 0 Å². The lowest BCUT2D eigenvalue weighted by atomic mass is 10.0. The molecule has 0 amide bonds. The Morgan fingerprint density at radius 3 is 2.10 bits per heavy atom. The molecule has 0 radical (unpaired) electrons. The summed E-state index contributed by atoms with van der Waals surface area (Å²) in [6.45, 7) is 5.36. The summed E-state index contributed by atoms with van der Waals surface area (Å²) in [7, 11) is 0. The van der Waals surface area contributed by atoms with Gasteiger partial charge in [0.2, 0.25) is 0 Å². The first-order valence-corrected chi connectivity index (χ1v) is 7.68. The van der Waals surface area contributed by atoms with E-state index in [1.807, 2.05) is 0 Å². The molecule has 6 nitrogen and oxygen atoms in total. The van der Waals surface area contributed by atoms with Gasteiger partial charge in [-0.2, -0.15) is 0 Å². The van der Waals surface area contributed by atoms with Crippen molar-refractivity contribution < 1.29 is 25.5 Å². The van der Waals surface area contributed by atoms with Gasteiger partial charge < -0.3 is 30.8 Å². The Morgan fingerprint density at radius 2 is 1.52 bits per heavy atom. The summed E-state index contributed by atoms with van der Waals surface area (Å²) < 4.78 is 0. The minimum Gasteiger partial charge on any atom is -0.394 e. The SMILES string of the molecule is C=C(CCCCCCC)NCC(O)C(O)C(O)C(O)CO. The molecule has 0 aromatic carbocycles. The highest BCUT2D eigenvalue weighted by Gasteiger charge is 2.29. The van der Waals surface area contributed by atoms with E-state index in [-0.39, 0.29) is 6.54 Å². The van der Waals surface area contributed by atoms with Gasteiger partial charge in [0.1, 0.15) is 18.3 Å². The van der Waals surface area contributed by atoms with Crippen molar-refractivity contribution in [1.29, 1.82) is 0 Å². The minimum atomic E-state index is -1.59. The highest BCUT2D eigenvalue weighted by molar-refractivity contribution is 4.93. The van der Waals surface area contributed by atoms with Crippen molar-refractivity contribution in [2.24, 2.45) is 0 Å². The van der Waals surface area contributed by atoms with E-state index in [0.29, 0.717) is 0 Å². The third kappa shape index (κ3) is 9.06. The lowest BCUT2D eigenvalue weighted by Crippen LogP contribution is -2.48. The van der Waals surface area contributed by atoms with Crippen LogP contribution in [0.25, 0.3) is 0 Å². The molecule has 0 rings (SSSR count). The van der Waals surface area contributed by atoms with Gasteiger partial charge in [0.15, 0.2) is 0 Å². The lowest BCUT2D eigenvalue weighted by molar-refractivity contribution is -0.113. The number of hydrogen-bond acceptors (Lipinski definition) is 6. The van der Waals surface area contributed by atoms with Gasteiger partial charge in [-0.1, -0.05) is 39.2 Å². The number of allylic oxidation sites excluding steroid dienone is 1. The monoisotopic (exact) mass is 305 g/mol. The Morgan fingerprint density at radius 1 is 0.952 bits per heavy atom. The van der Waals surface area contributed by atoms with Crippen LogP contribution < -0.4 is 5.32 Å². The van der Waals surface area contributed by atoms with Crippen molar-refractivity contribution in [2.75, 3.05) is 13.2 Å². The van der Waals surface area contributed by atoms with Crippen LogP contribution in [0.4, 0.5) is 0 Å². The molecule has 21 heavy (non-hydrogen) atoms. The van der Waals surface area contributed by atoms with Crippen LogP contribution in [0.2, 0.25) is 0 Å². The predicted molar refractivity (Wildman–Crippen MR) is 81.6 cm³/mol. The first kappa shape index (κ1) is 20.3. The third-order valence-electron chi connectivity index (χ3n) is 3.47. The van der Waals surface area contributed by atoms with Crippen LogP contribution >= 0.6 is 0 Å². The van der Waals surface area contributed by atoms with Crippen molar-refractivity contribution in [1.82, 2.24) is 5.32 Å². The number of nitrogens with one attached hydrogen (secondary N) is 1. The molecule has 6 heteroatoms. The fraction of sp³-hybridized carbons (Fsp3) is 0.867. The van der Waals surface area contributed by atoms with E-state index >= 15 is 0 Å². The zero-order valence-electron chi connectivity index (χ0n) is 12.9. The van der Waals surface area contributed by atoms with Gasteiger partial charge in [-0.15, -0.1) is 0 Å². The summed E-state index contributed by atoms with van der Waals surface area (Å²) in [6, 6.07) is 0. The van der Waals surface area contributed by atoms with Gasteiger partial charge in [0.25, 0.3) is 0 Å². The molecule has 0 spiro atoms. The summed E-state index contributed by atoms with van der Waals surface area (Å²) in [6.07, 6.45) is 0.754. The molecule has 0 aliphatic carbocycles. The maximum Gasteiger partial charge on any atom is 0.111 e. The lowest BCUT2D eigenvalue weighted by Gasteiger charge is -2.26. The van der Waals surface area contributed by atoms with E-state index in [2.05, 4.69) is 18.8 Å². The molecule has 0 saturated heterocycles. The molecule has 6 N–H and O–H groups in total. The van der Waals surface area contributed by atoms with Crippen molar-refractivity contribution in [3.63, 3.8) is 0 Å². The predicted octanol–water partition coefficient (Wildman–Crippen LogP) is -0.114. The smallest absolute Gasteiger partial charge is 0.111 e. The fourth-order valence-electron chi connectivity index (χ4n) is 1.96. The van der Waals surface area contributed by atoms with Gasteiger partial charge in [-0.3, -0.25) is 0 Å². The van der Waals surface area contributed by atoms with Crippen molar-refractivity contribution >= 4 is 0 Å². The van der Waals surface area contributed by atoms with Crippen molar-refractivity contribution in [2.45, 2.75) is 69.9 Å². The van der Waals surface area contributed by atoms with Crippen molar-refractivity contribution in [3.05, 3.63) is 12.3 Å². The van der Waals surface area contributed by atoms with Crippen LogP contribution in [0.1, 0.15) is 45.4 Å². The molecule has 126 valence electrons. The van der Waals surface area contributed by atoms with E-state index in [1.165, 1.54) is 19.3 Å². The molecule has 0 heterocycles. The summed E-state index contributed by atoms with van der Waals surface area (Å²) >= 11 is 0. The topological polar surface area (TPSA) is 113 Å². The molecular weight excluding hydrogens is 274 g/mol. The van der Waals surface area contributed by atoms with E-state index in [1.54, 1.807) is 0 Å². The number of unbranched alkanes of at least 4 members (excludes halogenated alkanes) is 4. The highest BCUT2D eigenvalue weighted by atomic mass is 16.4. The molecule has 0 bridgehead atoms. The standard InChI is InChI=1S/C15H31NO5/c1-3-4-5-6-7-8-11(2)16-9-12(18)14(20)15(21)13(19)10-17/h12-21H,2-10H2,1H3. The second-order valence-corrected chi connectivity index (χ2v) is 5.45. The first-order valence-electron chi connectivity index (χ1n) is 7.68. The molecule has 0 fully saturated rings. The summed E-state index contributed by atoms with van der Waals surface area (Å²) in [4.78, 5) is 0. The second kappa shape index (κ2) is 11.9. The molecule has 4 atom stereocenters. The summed E-state index contributed by atoms with van der Waals surface area (Å²) in [5, 5.41) is 49.6. The number of rotatable bonds is 13. The molecule has 0 aliphatic heterocycles.